The molecule has 1 aliphatic rings. The van der Waals surface area contributed by atoms with E-state index in [1.807, 2.05) is 17.2 Å². The standard InChI is InChI=1S/C14H21N3O/c1-12(13-3-2-6-16-11-13)4-5-14(18)17-9-7-15-8-10-17/h2-3,6,11-12,15H,4-5,7-10H2,1H3. The first kappa shape index (κ1) is 13.0. The lowest BCUT2D eigenvalue weighted by Crippen LogP contribution is -2.46. The Bertz CT molecular complexity index is 374. The Morgan fingerprint density at radius 3 is 2.94 bits per heavy atom. The minimum Gasteiger partial charge on any atom is -0.340 e. The number of aromatic nitrogens is 1. The van der Waals surface area contributed by atoms with Crippen molar-refractivity contribution in [2.24, 2.45) is 0 Å². The largest absolute Gasteiger partial charge is 0.340 e. The van der Waals surface area contributed by atoms with Gasteiger partial charge in [0.25, 0.3) is 0 Å². The molecule has 1 amide bonds. The van der Waals surface area contributed by atoms with E-state index in [1.54, 1.807) is 6.20 Å². The Labute approximate surface area is 108 Å². The van der Waals surface area contributed by atoms with Gasteiger partial charge in [-0.15, -0.1) is 0 Å². The molecule has 0 bridgehead atoms. The molecule has 1 atom stereocenters. The molecule has 0 aromatic carbocycles. The van der Waals surface area contributed by atoms with Gasteiger partial charge in [-0.2, -0.15) is 0 Å². The summed E-state index contributed by atoms with van der Waals surface area (Å²) in [4.78, 5) is 18.1. The predicted octanol–water partition coefficient (Wildman–Crippen LogP) is 1.40. The molecule has 98 valence electrons. The molecule has 0 aliphatic carbocycles. The number of nitrogens with zero attached hydrogens (tertiary/aromatic N) is 2. The number of hydrogen-bond donors (Lipinski definition) is 1. The van der Waals surface area contributed by atoms with Gasteiger partial charge < -0.3 is 10.2 Å². The zero-order valence-electron chi connectivity index (χ0n) is 10.9. The predicted molar refractivity (Wildman–Crippen MR) is 71.3 cm³/mol. The third-order valence-corrected chi connectivity index (χ3v) is 3.51. The molecule has 4 nitrogen and oxygen atoms in total. The van der Waals surface area contributed by atoms with Gasteiger partial charge in [0.15, 0.2) is 0 Å². The van der Waals surface area contributed by atoms with Gasteiger partial charge >= 0.3 is 0 Å². The third kappa shape index (κ3) is 3.53. The summed E-state index contributed by atoms with van der Waals surface area (Å²) < 4.78 is 0. The summed E-state index contributed by atoms with van der Waals surface area (Å²) in [5.41, 5.74) is 1.21. The van der Waals surface area contributed by atoms with Crippen LogP contribution in [0.2, 0.25) is 0 Å². The second-order valence-electron chi connectivity index (χ2n) is 4.86. The molecule has 1 fully saturated rings. The first-order valence-electron chi connectivity index (χ1n) is 6.66. The minimum absolute atomic E-state index is 0.284. The monoisotopic (exact) mass is 247 g/mol. The molecule has 1 unspecified atom stereocenters. The first-order valence-corrected chi connectivity index (χ1v) is 6.66. The lowest BCUT2D eigenvalue weighted by atomic mass is 9.97. The molecular formula is C14H21N3O. The molecule has 0 saturated carbocycles. The number of amides is 1. The Hall–Kier alpha value is -1.42. The lowest BCUT2D eigenvalue weighted by Gasteiger charge is -2.27. The van der Waals surface area contributed by atoms with Gasteiger partial charge in [0.05, 0.1) is 0 Å². The van der Waals surface area contributed by atoms with Crippen molar-refractivity contribution < 1.29 is 4.79 Å². The molecule has 0 spiro atoms. The number of nitrogens with one attached hydrogen (secondary N) is 1. The van der Waals surface area contributed by atoms with Crippen LogP contribution < -0.4 is 5.32 Å². The van der Waals surface area contributed by atoms with E-state index in [0.717, 1.165) is 32.6 Å². The Morgan fingerprint density at radius 1 is 1.50 bits per heavy atom. The lowest BCUT2D eigenvalue weighted by molar-refractivity contribution is -0.131. The van der Waals surface area contributed by atoms with E-state index in [2.05, 4.69) is 23.3 Å². The van der Waals surface area contributed by atoms with Gasteiger partial charge in [-0.25, -0.2) is 0 Å². The molecule has 1 N–H and O–H groups in total. The van der Waals surface area contributed by atoms with Crippen LogP contribution in [0.1, 0.15) is 31.2 Å². The van der Waals surface area contributed by atoms with E-state index in [-0.39, 0.29) is 5.91 Å². The van der Waals surface area contributed by atoms with Crippen LogP contribution in [0.4, 0.5) is 0 Å². The second-order valence-corrected chi connectivity index (χ2v) is 4.86. The second kappa shape index (κ2) is 6.50. The van der Waals surface area contributed by atoms with E-state index in [1.165, 1.54) is 5.56 Å². The maximum Gasteiger partial charge on any atom is 0.222 e. The number of rotatable bonds is 4. The number of hydrogen-bond acceptors (Lipinski definition) is 3. The fourth-order valence-corrected chi connectivity index (χ4v) is 2.25. The van der Waals surface area contributed by atoms with Crippen LogP contribution in [0.3, 0.4) is 0 Å². The van der Waals surface area contributed by atoms with Crippen LogP contribution in [-0.4, -0.2) is 42.0 Å². The first-order chi connectivity index (χ1) is 8.77. The van der Waals surface area contributed by atoms with Crippen molar-refractivity contribution in [3.8, 4) is 0 Å². The molecular weight excluding hydrogens is 226 g/mol. The van der Waals surface area contributed by atoms with Crippen LogP contribution in [-0.2, 0) is 4.79 Å². The van der Waals surface area contributed by atoms with Crippen LogP contribution in [0.5, 0.6) is 0 Å². The summed E-state index contributed by atoms with van der Waals surface area (Å²) in [5.74, 6) is 0.679. The maximum atomic E-state index is 12.0. The normalized spacial score (nSPS) is 17.5. The zero-order valence-corrected chi connectivity index (χ0v) is 10.9. The summed E-state index contributed by atoms with van der Waals surface area (Å²) in [5, 5.41) is 3.26. The molecule has 0 radical (unpaired) electrons. The summed E-state index contributed by atoms with van der Waals surface area (Å²) in [6, 6.07) is 4.02. The summed E-state index contributed by atoms with van der Waals surface area (Å²) in [7, 11) is 0. The molecule has 2 heterocycles. The van der Waals surface area contributed by atoms with Gasteiger partial charge in [0.2, 0.25) is 5.91 Å². The Balaban J connectivity index is 1.78. The fraction of sp³-hybridized carbons (Fsp3) is 0.571. The SMILES string of the molecule is CC(CCC(=O)N1CCNCC1)c1cccnc1. The highest BCUT2D eigenvalue weighted by atomic mass is 16.2. The van der Waals surface area contributed by atoms with Crippen molar-refractivity contribution in [1.82, 2.24) is 15.2 Å². The van der Waals surface area contributed by atoms with Crippen molar-refractivity contribution in [3.05, 3.63) is 30.1 Å². The maximum absolute atomic E-state index is 12.0. The fourth-order valence-electron chi connectivity index (χ4n) is 2.25. The molecule has 1 aliphatic heterocycles. The van der Waals surface area contributed by atoms with Crippen molar-refractivity contribution in [1.29, 1.82) is 0 Å². The summed E-state index contributed by atoms with van der Waals surface area (Å²) in [6.45, 7) is 5.69. The zero-order chi connectivity index (χ0) is 12.8. The Kier molecular flexibility index (Phi) is 4.70. The quantitative estimate of drug-likeness (QED) is 0.874. The highest BCUT2D eigenvalue weighted by Crippen LogP contribution is 2.19. The number of carbonyl (C=O) groups is 1. The topological polar surface area (TPSA) is 45.2 Å². The smallest absolute Gasteiger partial charge is 0.222 e. The van der Waals surface area contributed by atoms with E-state index in [4.69, 9.17) is 0 Å². The number of carbonyl (C=O) groups excluding carboxylic acids is 1. The van der Waals surface area contributed by atoms with Gasteiger partial charge in [-0.3, -0.25) is 9.78 Å². The Morgan fingerprint density at radius 2 is 2.28 bits per heavy atom. The van der Waals surface area contributed by atoms with Gasteiger partial charge in [0, 0.05) is 45.0 Å². The van der Waals surface area contributed by atoms with E-state index < -0.39 is 0 Å². The van der Waals surface area contributed by atoms with E-state index >= 15 is 0 Å². The van der Waals surface area contributed by atoms with Crippen LogP contribution in [0.25, 0.3) is 0 Å². The average molecular weight is 247 g/mol. The van der Waals surface area contributed by atoms with E-state index in [0.29, 0.717) is 12.3 Å². The molecule has 1 aromatic rings. The summed E-state index contributed by atoms with van der Waals surface area (Å²) >= 11 is 0. The van der Waals surface area contributed by atoms with Gasteiger partial charge in [-0.05, 0) is 24.0 Å². The molecule has 18 heavy (non-hydrogen) atoms. The van der Waals surface area contributed by atoms with Crippen molar-refractivity contribution in [3.63, 3.8) is 0 Å². The van der Waals surface area contributed by atoms with Crippen molar-refractivity contribution in [2.75, 3.05) is 26.2 Å². The number of piperazine rings is 1. The highest BCUT2D eigenvalue weighted by Gasteiger charge is 2.17. The van der Waals surface area contributed by atoms with E-state index in [9.17, 15) is 4.79 Å². The molecule has 1 saturated heterocycles. The highest BCUT2D eigenvalue weighted by molar-refractivity contribution is 5.76. The van der Waals surface area contributed by atoms with Gasteiger partial charge in [-0.1, -0.05) is 13.0 Å². The van der Waals surface area contributed by atoms with Crippen LogP contribution in [0, 0.1) is 0 Å². The van der Waals surface area contributed by atoms with Crippen LogP contribution in [0.15, 0.2) is 24.5 Å². The average Bonchev–Trinajstić information content (AvgIpc) is 2.46. The minimum atomic E-state index is 0.284. The third-order valence-electron chi connectivity index (χ3n) is 3.51. The molecule has 1 aromatic heterocycles. The van der Waals surface area contributed by atoms with Crippen molar-refractivity contribution in [2.45, 2.75) is 25.7 Å². The summed E-state index contributed by atoms with van der Waals surface area (Å²) in [6.07, 6.45) is 5.20. The van der Waals surface area contributed by atoms with Crippen molar-refractivity contribution >= 4 is 5.91 Å². The van der Waals surface area contributed by atoms with Crippen LogP contribution >= 0.6 is 0 Å². The number of pyridine rings is 1. The van der Waals surface area contributed by atoms with Gasteiger partial charge in [0.1, 0.15) is 0 Å². The molecule has 2 rings (SSSR count). The molecule has 4 heteroatoms.